The van der Waals surface area contributed by atoms with Crippen LogP contribution < -0.4 is 10.1 Å². The molecule has 0 atom stereocenters. The molecule has 152 valence electrons. The minimum atomic E-state index is -0.0163. The maximum absolute atomic E-state index is 12.1. The lowest BCUT2D eigenvalue weighted by Crippen LogP contribution is -2.38. The van der Waals surface area contributed by atoms with Gasteiger partial charge in [-0.25, -0.2) is 0 Å². The van der Waals surface area contributed by atoms with Gasteiger partial charge in [0.25, 0.3) is 0 Å². The molecule has 7 nitrogen and oxygen atoms in total. The van der Waals surface area contributed by atoms with E-state index in [0.29, 0.717) is 25.6 Å². The molecule has 2 aromatic rings. The third-order valence-electron chi connectivity index (χ3n) is 5.04. The average molecular weight is 386 g/mol. The van der Waals surface area contributed by atoms with Crippen molar-refractivity contribution < 1.29 is 14.3 Å². The molecule has 1 aromatic heterocycles. The Morgan fingerprint density at radius 3 is 2.93 bits per heavy atom. The van der Waals surface area contributed by atoms with Crippen LogP contribution in [-0.2, 0) is 29.5 Å². The standard InChI is InChI=1S/C21H30N4O3/c1-24(19-6-9-27-10-7-19)8-11-28-20-5-3-4-17(12-20)14-22-21(26)13-18-15-23-25(2)16-18/h3-5,12,15-16,19H,6-11,13-14H2,1-2H3,(H,22,26). The minimum Gasteiger partial charge on any atom is -0.492 e. The number of benzene rings is 1. The van der Waals surface area contributed by atoms with E-state index >= 15 is 0 Å². The van der Waals surface area contributed by atoms with Crippen LogP contribution in [0.4, 0.5) is 0 Å². The average Bonchev–Trinajstić information content (AvgIpc) is 3.12. The van der Waals surface area contributed by atoms with Gasteiger partial charge in [0.05, 0.1) is 12.6 Å². The first-order chi connectivity index (χ1) is 13.6. The molecule has 0 saturated carbocycles. The summed E-state index contributed by atoms with van der Waals surface area (Å²) in [4.78, 5) is 14.4. The molecule has 0 bridgehead atoms. The molecular formula is C21H30N4O3. The van der Waals surface area contributed by atoms with Gasteiger partial charge >= 0.3 is 0 Å². The van der Waals surface area contributed by atoms with Crippen molar-refractivity contribution in [1.29, 1.82) is 0 Å². The molecule has 1 aromatic carbocycles. The van der Waals surface area contributed by atoms with Crippen LogP contribution >= 0.6 is 0 Å². The zero-order valence-corrected chi connectivity index (χ0v) is 16.8. The summed E-state index contributed by atoms with van der Waals surface area (Å²) < 4.78 is 13.0. The maximum atomic E-state index is 12.1. The molecule has 1 N–H and O–H groups in total. The lowest BCUT2D eigenvalue weighted by molar-refractivity contribution is -0.120. The van der Waals surface area contributed by atoms with E-state index in [1.807, 2.05) is 37.5 Å². The zero-order valence-electron chi connectivity index (χ0n) is 16.8. The van der Waals surface area contributed by atoms with Crippen molar-refractivity contribution in [3.8, 4) is 5.75 Å². The molecule has 0 spiro atoms. The highest BCUT2D eigenvalue weighted by atomic mass is 16.5. The first-order valence-corrected chi connectivity index (χ1v) is 9.84. The van der Waals surface area contributed by atoms with Crippen LogP contribution in [-0.4, -0.2) is 60.0 Å². The van der Waals surface area contributed by atoms with Gasteiger partial charge in [-0.2, -0.15) is 5.10 Å². The number of likely N-dealkylation sites (N-methyl/N-ethyl adjacent to an activating group) is 1. The second kappa shape index (κ2) is 10.2. The Morgan fingerprint density at radius 2 is 2.18 bits per heavy atom. The van der Waals surface area contributed by atoms with Gasteiger partial charge in [-0.15, -0.1) is 0 Å². The van der Waals surface area contributed by atoms with Crippen LogP contribution in [0.3, 0.4) is 0 Å². The number of amides is 1. The molecule has 7 heteroatoms. The van der Waals surface area contributed by atoms with Gasteiger partial charge in [-0.3, -0.25) is 14.4 Å². The van der Waals surface area contributed by atoms with Gasteiger partial charge in [-0.1, -0.05) is 12.1 Å². The van der Waals surface area contributed by atoms with Crippen molar-refractivity contribution in [1.82, 2.24) is 20.0 Å². The maximum Gasteiger partial charge on any atom is 0.224 e. The highest BCUT2D eigenvalue weighted by molar-refractivity contribution is 5.78. The first-order valence-electron chi connectivity index (χ1n) is 9.84. The molecule has 1 amide bonds. The van der Waals surface area contributed by atoms with E-state index in [0.717, 1.165) is 49.5 Å². The molecule has 1 fully saturated rings. The van der Waals surface area contributed by atoms with Crippen molar-refractivity contribution in [3.05, 3.63) is 47.8 Å². The highest BCUT2D eigenvalue weighted by Crippen LogP contribution is 2.15. The largest absolute Gasteiger partial charge is 0.492 e. The zero-order chi connectivity index (χ0) is 19.8. The lowest BCUT2D eigenvalue weighted by Gasteiger charge is -2.31. The van der Waals surface area contributed by atoms with E-state index in [-0.39, 0.29) is 5.91 Å². The second-order valence-corrected chi connectivity index (χ2v) is 7.30. The number of ether oxygens (including phenoxy) is 2. The molecule has 3 rings (SSSR count). The molecule has 0 radical (unpaired) electrons. The van der Waals surface area contributed by atoms with E-state index in [2.05, 4.69) is 22.4 Å². The van der Waals surface area contributed by atoms with Gasteiger partial charge in [0.15, 0.2) is 0 Å². The predicted octanol–water partition coefficient (Wildman–Crippen LogP) is 1.77. The molecule has 2 heterocycles. The highest BCUT2D eigenvalue weighted by Gasteiger charge is 2.18. The molecule has 0 aliphatic carbocycles. The Kier molecular flexibility index (Phi) is 7.45. The minimum absolute atomic E-state index is 0.0163. The number of rotatable bonds is 9. The molecule has 1 aliphatic rings. The summed E-state index contributed by atoms with van der Waals surface area (Å²) >= 11 is 0. The summed E-state index contributed by atoms with van der Waals surface area (Å²) in [7, 11) is 3.99. The molecule has 0 unspecified atom stereocenters. The smallest absolute Gasteiger partial charge is 0.224 e. The molecule has 1 saturated heterocycles. The van der Waals surface area contributed by atoms with E-state index in [4.69, 9.17) is 9.47 Å². The third-order valence-corrected chi connectivity index (χ3v) is 5.04. The Bertz CT molecular complexity index is 756. The molecule has 28 heavy (non-hydrogen) atoms. The predicted molar refractivity (Wildman–Crippen MR) is 107 cm³/mol. The summed E-state index contributed by atoms with van der Waals surface area (Å²) in [6.45, 7) is 3.72. The Labute approximate surface area is 166 Å². The van der Waals surface area contributed by atoms with Crippen LogP contribution in [0, 0.1) is 0 Å². The van der Waals surface area contributed by atoms with E-state index in [9.17, 15) is 4.79 Å². The number of carbonyl (C=O) groups is 1. The van der Waals surface area contributed by atoms with Crippen molar-refractivity contribution >= 4 is 5.91 Å². The van der Waals surface area contributed by atoms with Crippen LogP contribution in [0.2, 0.25) is 0 Å². The van der Waals surface area contributed by atoms with Crippen LogP contribution in [0.1, 0.15) is 24.0 Å². The first kappa shape index (κ1) is 20.4. The fraction of sp³-hybridized carbons (Fsp3) is 0.524. The van der Waals surface area contributed by atoms with Gasteiger partial charge in [0, 0.05) is 45.6 Å². The number of aryl methyl sites for hydroxylation is 1. The number of hydrogen-bond acceptors (Lipinski definition) is 5. The Balaban J connectivity index is 1.40. The Morgan fingerprint density at radius 1 is 1.36 bits per heavy atom. The monoisotopic (exact) mass is 386 g/mol. The topological polar surface area (TPSA) is 68.6 Å². The normalized spacial score (nSPS) is 15.0. The fourth-order valence-electron chi connectivity index (χ4n) is 3.37. The fourth-order valence-corrected chi connectivity index (χ4v) is 3.37. The quantitative estimate of drug-likeness (QED) is 0.711. The van der Waals surface area contributed by atoms with Crippen molar-refractivity contribution in [2.45, 2.75) is 31.8 Å². The number of aromatic nitrogens is 2. The summed E-state index contributed by atoms with van der Waals surface area (Å²) in [6.07, 6.45) is 6.08. The van der Waals surface area contributed by atoms with Gasteiger partial charge in [0.1, 0.15) is 12.4 Å². The van der Waals surface area contributed by atoms with Crippen LogP contribution in [0.25, 0.3) is 0 Å². The van der Waals surface area contributed by atoms with E-state index in [1.165, 1.54) is 0 Å². The number of hydrogen-bond donors (Lipinski definition) is 1. The number of nitrogens with zero attached hydrogens (tertiary/aromatic N) is 3. The van der Waals surface area contributed by atoms with Crippen molar-refractivity contribution in [2.24, 2.45) is 7.05 Å². The van der Waals surface area contributed by atoms with Crippen LogP contribution in [0.15, 0.2) is 36.7 Å². The van der Waals surface area contributed by atoms with Gasteiger partial charge in [-0.05, 0) is 43.1 Å². The molecular weight excluding hydrogens is 356 g/mol. The van der Waals surface area contributed by atoms with Gasteiger partial charge in [0.2, 0.25) is 5.91 Å². The number of nitrogens with one attached hydrogen (secondary N) is 1. The van der Waals surface area contributed by atoms with Crippen molar-refractivity contribution in [2.75, 3.05) is 33.4 Å². The van der Waals surface area contributed by atoms with E-state index < -0.39 is 0 Å². The summed E-state index contributed by atoms with van der Waals surface area (Å²) in [5.41, 5.74) is 1.93. The van der Waals surface area contributed by atoms with E-state index in [1.54, 1.807) is 10.9 Å². The second-order valence-electron chi connectivity index (χ2n) is 7.30. The summed E-state index contributed by atoms with van der Waals surface area (Å²) in [5, 5.41) is 7.03. The van der Waals surface area contributed by atoms with Crippen LogP contribution in [0.5, 0.6) is 5.75 Å². The summed E-state index contributed by atoms with van der Waals surface area (Å²) in [6, 6.07) is 8.47. The Hall–Kier alpha value is -2.38. The lowest BCUT2D eigenvalue weighted by atomic mass is 10.1. The van der Waals surface area contributed by atoms with Gasteiger partial charge < -0.3 is 14.8 Å². The SMILES string of the molecule is CN(CCOc1cccc(CNC(=O)Cc2cnn(C)c2)c1)C1CCOCC1. The third kappa shape index (κ3) is 6.35. The number of carbonyl (C=O) groups excluding carboxylic acids is 1. The van der Waals surface area contributed by atoms with Crippen molar-refractivity contribution in [3.63, 3.8) is 0 Å². The molecule has 1 aliphatic heterocycles. The summed E-state index contributed by atoms with van der Waals surface area (Å²) in [5.74, 6) is 0.816.